The van der Waals surface area contributed by atoms with Crippen LogP contribution in [-0.2, 0) is 11.3 Å². The van der Waals surface area contributed by atoms with Crippen LogP contribution in [-0.4, -0.2) is 50.4 Å². The second-order valence-electron chi connectivity index (χ2n) is 7.17. The average Bonchev–Trinajstić information content (AvgIpc) is 3.35. The molecule has 2 aromatic rings. The molecule has 0 radical (unpaired) electrons. The number of likely N-dealkylation sites (tertiary alicyclic amines) is 2. The molecule has 0 aromatic carbocycles. The van der Waals surface area contributed by atoms with E-state index in [2.05, 4.69) is 10.1 Å². The van der Waals surface area contributed by atoms with Crippen molar-refractivity contribution in [2.45, 2.75) is 51.6 Å². The SMILES string of the molecule is Cc1noc(C)c1CN1C(=O)CCC12CCN(C(=O)c1cscn1)CC2. The van der Waals surface area contributed by atoms with Crippen molar-refractivity contribution in [1.29, 1.82) is 0 Å². The highest BCUT2D eigenvalue weighted by atomic mass is 32.1. The zero-order valence-corrected chi connectivity index (χ0v) is 15.8. The summed E-state index contributed by atoms with van der Waals surface area (Å²) in [7, 11) is 0. The van der Waals surface area contributed by atoms with Gasteiger partial charge in [-0.15, -0.1) is 11.3 Å². The number of carbonyl (C=O) groups excluding carboxylic acids is 2. The van der Waals surface area contributed by atoms with Crippen LogP contribution in [0.3, 0.4) is 0 Å². The summed E-state index contributed by atoms with van der Waals surface area (Å²) in [6.45, 7) is 5.65. The second kappa shape index (κ2) is 6.50. The van der Waals surface area contributed by atoms with E-state index in [1.165, 1.54) is 11.3 Å². The van der Waals surface area contributed by atoms with Gasteiger partial charge < -0.3 is 14.3 Å². The third kappa shape index (κ3) is 2.82. The fraction of sp³-hybridized carbons (Fsp3) is 0.556. The minimum atomic E-state index is -0.161. The summed E-state index contributed by atoms with van der Waals surface area (Å²) >= 11 is 1.43. The van der Waals surface area contributed by atoms with Crippen LogP contribution in [0.5, 0.6) is 0 Å². The first-order chi connectivity index (χ1) is 12.5. The Balaban J connectivity index is 1.49. The van der Waals surface area contributed by atoms with Gasteiger partial charge in [0.15, 0.2) is 0 Å². The largest absolute Gasteiger partial charge is 0.361 e. The minimum Gasteiger partial charge on any atom is -0.361 e. The number of hydrogen-bond acceptors (Lipinski definition) is 6. The molecule has 2 saturated heterocycles. The average molecular weight is 374 g/mol. The molecular formula is C18H22N4O3S. The van der Waals surface area contributed by atoms with Gasteiger partial charge >= 0.3 is 0 Å². The molecule has 2 amide bonds. The number of aromatic nitrogens is 2. The lowest BCUT2D eigenvalue weighted by atomic mass is 9.84. The van der Waals surface area contributed by atoms with Gasteiger partial charge in [-0.2, -0.15) is 0 Å². The van der Waals surface area contributed by atoms with Gasteiger partial charge in [0.2, 0.25) is 5.91 Å². The molecule has 0 N–H and O–H groups in total. The van der Waals surface area contributed by atoms with Crippen LogP contribution in [0.2, 0.25) is 0 Å². The summed E-state index contributed by atoms with van der Waals surface area (Å²) in [6, 6.07) is 0. The van der Waals surface area contributed by atoms with Gasteiger partial charge in [0.05, 0.1) is 17.7 Å². The predicted molar refractivity (Wildman–Crippen MR) is 95.7 cm³/mol. The maximum atomic E-state index is 12.6. The summed E-state index contributed by atoms with van der Waals surface area (Å²) in [5, 5.41) is 5.80. The van der Waals surface area contributed by atoms with E-state index in [0.29, 0.717) is 31.7 Å². The minimum absolute atomic E-state index is 0.0114. The first-order valence-corrected chi connectivity index (χ1v) is 9.84. The van der Waals surface area contributed by atoms with Gasteiger partial charge in [0.25, 0.3) is 5.91 Å². The summed E-state index contributed by atoms with van der Waals surface area (Å²) < 4.78 is 5.26. The first kappa shape index (κ1) is 17.2. The molecule has 2 aliphatic heterocycles. The Labute approximate surface area is 156 Å². The van der Waals surface area contributed by atoms with Gasteiger partial charge in [-0.05, 0) is 33.1 Å². The molecule has 2 fully saturated rings. The Hall–Kier alpha value is -2.22. The predicted octanol–water partition coefficient (Wildman–Crippen LogP) is 2.55. The highest BCUT2D eigenvalue weighted by molar-refractivity contribution is 7.07. The van der Waals surface area contributed by atoms with E-state index in [1.54, 1.807) is 10.9 Å². The Morgan fingerprint density at radius 1 is 1.31 bits per heavy atom. The van der Waals surface area contributed by atoms with Crippen molar-refractivity contribution in [3.05, 3.63) is 33.6 Å². The summed E-state index contributed by atoms with van der Waals surface area (Å²) in [6.07, 6.45) is 3.04. The maximum absolute atomic E-state index is 12.6. The van der Waals surface area contributed by atoms with Gasteiger partial charge in [-0.25, -0.2) is 4.98 Å². The van der Waals surface area contributed by atoms with Crippen LogP contribution >= 0.6 is 11.3 Å². The lowest BCUT2D eigenvalue weighted by Gasteiger charge is -2.44. The molecule has 138 valence electrons. The van der Waals surface area contributed by atoms with E-state index < -0.39 is 0 Å². The van der Waals surface area contributed by atoms with Crippen LogP contribution in [0.25, 0.3) is 0 Å². The number of carbonyl (C=O) groups is 2. The van der Waals surface area contributed by atoms with E-state index in [4.69, 9.17) is 4.52 Å². The molecule has 2 aromatic heterocycles. The highest BCUT2D eigenvalue weighted by Crippen LogP contribution is 2.40. The molecule has 1 spiro atoms. The van der Waals surface area contributed by atoms with Crippen LogP contribution < -0.4 is 0 Å². The standard InChI is InChI=1S/C18H22N4O3S/c1-12-14(13(2)25-20-12)9-22-16(23)3-4-18(22)5-7-21(8-6-18)17(24)15-10-26-11-19-15/h10-11H,3-9H2,1-2H3. The van der Waals surface area contributed by atoms with Gasteiger partial charge in [-0.3, -0.25) is 9.59 Å². The fourth-order valence-electron chi connectivity index (χ4n) is 4.14. The van der Waals surface area contributed by atoms with E-state index >= 15 is 0 Å². The Bertz CT molecular complexity index is 802. The van der Waals surface area contributed by atoms with Crippen LogP contribution in [0.4, 0.5) is 0 Å². The van der Waals surface area contributed by atoms with Gasteiger partial charge in [-0.1, -0.05) is 5.16 Å². The molecule has 2 aliphatic rings. The first-order valence-electron chi connectivity index (χ1n) is 8.90. The molecular weight excluding hydrogens is 352 g/mol. The van der Waals surface area contributed by atoms with E-state index in [-0.39, 0.29) is 17.4 Å². The van der Waals surface area contributed by atoms with Crippen LogP contribution in [0, 0.1) is 13.8 Å². The molecule has 7 nitrogen and oxygen atoms in total. The van der Waals surface area contributed by atoms with Gasteiger partial charge in [0.1, 0.15) is 11.5 Å². The molecule has 4 rings (SSSR count). The quantitative estimate of drug-likeness (QED) is 0.825. The molecule has 26 heavy (non-hydrogen) atoms. The number of amides is 2. The van der Waals surface area contributed by atoms with Crippen molar-refractivity contribution in [1.82, 2.24) is 19.9 Å². The number of hydrogen-bond donors (Lipinski definition) is 0. The third-order valence-electron chi connectivity index (χ3n) is 5.81. The number of aryl methyl sites for hydroxylation is 2. The van der Waals surface area contributed by atoms with E-state index in [9.17, 15) is 9.59 Å². The van der Waals surface area contributed by atoms with Crippen molar-refractivity contribution in [3.8, 4) is 0 Å². The maximum Gasteiger partial charge on any atom is 0.273 e. The second-order valence-corrected chi connectivity index (χ2v) is 7.89. The topological polar surface area (TPSA) is 79.5 Å². The molecule has 0 bridgehead atoms. The summed E-state index contributed by atoms with van der Waals surface area (Å²) in [4.78, 5) is 33.1. The molecule has 0 atom stereocenters. The zero-order valence-electron chi connectivity index (χ0n) is 15.0. The van der Waals surface area contributed by atoms with Crippen molar-refractivity contribution in [3.63, 3.8) is 0 Å². The number of thiazole rings is 1. The lowest BCUT2D eigenvalue weighted by Crippen LogP contribution is -2.54. The van der Waals surface area contributed by atoms with E-state index in [0.717, 1.165) is 36.3 Å². The molecule has 0 aliphatic carbocycles. The molecule has 0 saturated carbocycles. The number of nitrogens with zero attached hydrogens (tertiary/aromatic N) is 4. The zero-order chi connectivity index (χ0) is 18.3. The smallest absolute Gasteiger partial charge is 0.273 e. The highest BCUT2D eigenvalue weighted by Gasteiger charge is 2.47. The van der Waals surface area contributed by atoms with Crippen molar-refractivity contribution in [2.24, 2.45) is 0 Å². The summed E-state index contributed by atoms with van der Waals surface area (Å²) in [5.41, 5.74) is 3.88. The molecule has 0 unspecified atom stereocenters. The Morgan fingerprint density at radius 3 is 2.69 bits per heavy atom. The molecule has 4 heterocycles. The molecule has 8 heteroatoms. The lowest BCUT2D eigenvalue weighted by molar-refractivity contribution is -0.133. The number of rotatable bonds is 3. The monoisotopic (exact) mass is 374 g/mol. The van der Waals surface area contributed by atoms with Gasteiger partial charge in [0, 0.05) is 36.0 Å². The Morgan fingerprint density at radius 2 is 2.08 bits per heavy atom. The normalized spacial score (nSPS) is 19.5. The van der Waals surface area contributed by atoms with Crippen LogP contribution in [0.15, 0.2) is 15.4 Å². The Kier molecular flexibility index (Phi) is 4.30. The van der Waals surface area contributed by atoms with Crippen molar-refractivity contribution in [2.75, 3.05) is 13.1 Å². The van der Waals surface area contributed by atoms with Crippen molar-refractivity contribution >= 4 is 23.2 Å². The summed E-state index contributed by atoms with van der Waals surface area (Å²) in [5.74, 6) is 0.945. The van der Waals surface area contributed by atoms with E-state index in [1.807, 2.05) is 23.6 Å². The van der Waals surface area contributed by atoms with Crippen molar-refractivity contribution < 1.29 is 14.1 Å². The number of piperidine rings is 1. The van der Waals surface area contributed by atoms with Crippen LogP contribution in [0.1, 0.15) is 53.2 Å². The third-order valence-corrected chi connectivity index (χ3v) is 6.39. The fourth-order valence-corrected chi connectivity index (χ4v) is 4.67.